The van der Waals surface area contributed by atoms with Crippen molar-refractivity contribution in [3.05, 3.63) is 10.6 Å². The number of hydrogen-bond acceptors (Lipinski definition) is 5. The van der Waals surface area contributed by atoms with Gasteiger partial charge in [0.25, 0.3) is 0 Å². The number of ether oxygens (including phenoxy) is 1. The molecule has 1 aliphatic carbocycles. The molecule has 0 saturated heterocycles. The van der Waals surface area contributed by atoms with Crippen LogP contribution in [0.5, 0.6) is 0 Å². The maximum atomic E-state index is 5.06. The predicted molar refractivity (Wildman–Crippen MR) is 85.7 cm³/mol. The van der Waals surface area contributed by atoms with Gasteiger partial charge < -0.3 is 15.0 Å². The Bertz CT molecular complexity index is 402. The van der Waals surface area contributed by atoms with Gasteiger partial charge in [0, 0.05) is 37.7 Å². The Balaban J connectivity index is 1.97. The molecule has 0 aliphatic heterocycles. The summed E-state index contributed by atoms with van der Waals surface area (Å²) in [7, 11) is 1.73. The van der Waals surface area contributed by atoms with Crippen LogP contribution >= 0.6 is 11.3 Å². The van der Waals surface area contributed by atoms with Gasteiger partial charge in [0.05, 0.1) is 12.3 Å². The fourth-order valence-corrected chi connectivity index (χ4v) is 4.01. The highest BCUT2D eigenvalue weighted by atomic mass is 32.1. The van der Waals surface area contributed by atoms with Crippen molar-refractivity contribution in [1.82, 2.24) is 10.3 Å². The van der Waals surface area contributed by atoms with E-state index in [1.807, 2.05) is 11.3 Å². The predicted octanol–water partition coefficient (Wildman–Crippen LogP) is 2.96. The molecule has 0 amide bonds. The van der Waals surface area contributed by atoms with Crippen molar-refractivity contribution in [2.75, 3.05) is 31.7 Å². The summed E-state index contributed by atoms with van der Waals surface area (Å²) in [5.41, 5.74) is 1.17. The summed E-state index contributed by atoms with van der Waals surface area (Å²) in [6.45, 7) is 7.97. The minimum absolute atomic E-state index is 0.708. The Kier molecular flexibility index (Phi) is 6.26. The van der Waals surface area contributed by atoms with Gasteiger partial charge in [0.2, 0.25) is 0 Å². The molecule has 1 aliphatic rings. The maximum Gasteiger partial charge on any atom is 0.186 e. The smallest absolute Gasteiger partial charge is 0.186 e. The van der Waals surface area contributed by atoms with Gasteiger partial charge in [-0.15, -0.1) is 11.3 Å². The molecule has 1 N–H and O–H groups in total. The summed E-state index contributed by atoms with van der Waals surface area (Å²) in [6, 6.07) is 0.708. The molecule has 0 unspecified atom stereocenters. The van der Waals surface area contributed by atoms with Crippen molar-refractivity contribution in [3.8, 4) is 0 Å². The highest BCUT2D eigenvalue weighted by Crippen LogP contribution is 2.32. The van der Waals surface area contributed by atoms with Crippen molar-refractivity contribution >= 4 is 16.5 Å². The summed E-state index contributed by atoms with van der Waals surface area (Å²) in [6.07, 6.45) is 5.40. The summed E-state index contributed by atoms with van der Waals surface area (Å²) in [5.74, 6) is 0. The first-order valence-corrected chi connectivity index (χ1v) is 8.50. The van der Waals surface area contributed by atoms with E-state index in [0.717, 1.165) is 26.2 Å². The molecule has 5 heteroatoms. The van der Waals surface area contributed by atoms with E-state index in [-0.39, 0.29) is 0 Å². The molecule has 2 rings (SSSR count). The number of nitrogens with zero attached hydrogens (tertiary/aromatic N) is 2. The minimum atomic E-state index is 0.708. The zero-order chi connectivity index (χ0) is 14.4. The molecule has 0 spiro atoms. The second-order valence-electron chi connectivity index (χ2n) is 5.40. The van der Waals surface area contributed by atoms with E-state index >= 15 is 0 Å². The third-order valence-electron chi connectivity index (χ3n) is 4.00. The van der Waals surface area contributed by atoms with Crippen LogP contribution in [0.15, 0.2) is 0 Å². The Hall–Kier alpha value is -0.650. The lowest BCUT2D eigenvalue weighted by Crippen LogP contribution is -2.32. The second-order valence-corrected chi connectivity index (χ2v) is 6.46. The summed E-state index contributed by atoms with van der Waals surface area (Å²) in [5, 5.41) is 4.62. The van der Waals surface area contributed by atoms with Crippen LogP contribution in [0.2, 0.25) is 0 Å². The van der Waals surface area contributed by atoms with Crippen molar-refractivity contribution in [1.29, 1.82) is 0 Å². The summed E-state index contributed by atoms with van der Waals surface area (Å²) in [4.78, 5) is 8.66. The largest absolute Gasteiger partial charge is 0.383 e. The third-order valence-corrected chi connectivity index (χ3v) is 5.20. The molecule has 1 aromatic rings. The first kappa shape index (κ1) is 15.7. The lowest BCUT2D eigenvalue weighted by Gasteiger charge is -2.26. The SMILES string of the molecule is CCN(c1nc(C)c(CNCCOC)s1)C1CCCC1. The fraction of sp³-hybridized carbons (Fsp3) is 0.800. The van der Waals surface area contributed by atoms with Crippen LogP contribution in [-0.2, 0) is 11.3 Å². The van der Waals surface area contributed by atoms with Gasteiger partial charge in [-0.1, -0.05) is 12.8 Å². The van der Waals surface area contributed by atoms with Crippen LogP contribution in [0.1, 0.15) is 43.2 Å². The van der Waals surface area contributed by atoms with Crippen LogP contribution < -0.4 is 10.2 Å². The highest BCUT2D eigenvalue weighted by Gasteiger charge is 2.24. The van der Waals surface area contributed by atoms with Crippen molar-refractivity contribution in [2.45, 2.75) is 52.1 Å². The number of rotatable bonds is 8. The normalized spacial score (nSPS) is 15.9. The fourth-order valence-electron chi connectivity index (χ4n) is 2.84. The first-order valence-electron chi connectivity index (χ1n) is 7.68. The Morgan fingerprint density at radius 3 is 2.80 bits per heavy atom. The third kappa shape index (κ3) is 3.93. The monoisotopic (exact) mass is 297 g/mol. The van der Waals surface area contributed by atoms with Crippen molar-refractivity contribution < 1.29 is 4.74 Å². The zero-order valence-electron chi connectivity index (χ0n) is 12.9. The Morgan fingerprint density at radius 1 is 1.40 bits per heavy atom. The Morgan fingerprint density at radius 2 is 2.15 bits per heavy atom. The van der Waals surface area contributed by atoms with Gasteiger partial charge in [0.15, 0.2) is 5.13 Å². The zero-order valence-corrected chi connectivity index (χ0v) is 13.8. The van der Waals surface area contributed by atoms with Crippen LogP contribution in [0.25, 0.3) is 0 Å². The lowest BCUT2D eigenvalue weighted by atomic mass is 10.2. The van der Waals surface area contributed by atoms with Gasteiger partial charge in [0.1, 0.15) is 0 Å². The maximum absolute atomic E-state index is 5.06. The van der Waals surface area contributed by atoms with E-state index in [1.54, 1.807) is 7.11 Å². The highest BCUT2D eigenvalue weighted by molar-refractivity contribution is 7.15. The lowest BCUT2D eigenvalue weighted by molar-refractivity contribution is 0.199. The second kappa shape index (κ2) is 7.96. The quantitative estimate of drug-likeness (QED) is 0.749. The number of methoxy groups -OCH3 is 1. The van der Waals surface area contributed by atoms with Crippen LogP contribution in [0, 0.1) is 6.92 Å². The van der Waals surface area contributed by atoms with Gasteiger partial charge in [-0.05, 0) is 26.7 Å². The van der Waals surface area contributed by atoms with E-state index in [4.69, 9.17) is 9.72 Å². The summed E-state index contributed by atoms with van der Waals surface area (Å²) >= 11 is 1.85. The van der Waals surface area contributed by atoms with Gasteiger partial charge in [-0.2, -0.15) is 0 Å². The molecule has 0 atom stereocenters. The molecular formula is C15H27N3OS. The average molecular weight is 297 g/mol. The molecule has 0 bridgehead atoms. The molecule has 4 nitrogen and oxygen atoms in total. The molecule has 114 valence electrons. The van der Waals surface area contributed by atoms with E-state index in [0.29, 0.717) is 6.04 Å². The molecule has 1 heterocycles. The number of anilines is 1. The van der Waals surface area contributed by atoms with Crippen LogP contribution in [-0.4, -0.2) is 37.8 Å². The average Bonchev–Trinajstić information content (AvgIpc) is 3.07. The number of nitrogens with one attached hydrogen (secondary N) is 1. The number of thiazole rings is 1. The van der Waals surface area contributed by atoms with Gasteiger partial charge >= 0.3 is 0 Å². The van der Waals surface area contributed by atoms with Gasteiger partial charge in [-0.25, -0.2) is 4.98 Å². The van der Waals surface area contributed by atoms with Crippen molar-refractivity contribution in [3.63, 3.8) is 0 Å². The molecular weight excluding hydrogens is 270 g/mol. The van der Waals surface area contributed by atoms with E-state index in [1.165, 1.54) is 41.4 Å². The number of aromatic nitrogens is 1. The molecule has 1 fully saturated rings. The molecule has 1 aromatic heterocycles. The molecule has 0 aromatic carbocycles. The molecule has 20 heavy (non-hydrogen) atoms. The Labute approximate surface area is 126 Å². The van der Waals surface area contributed by atoms with Crippen LogP contribution in [0.3, 0.4) is 0 Å². The standard InChI is InChI=1S/C15H27N3OS/c1-4-18(13-7-5-6-8-13)15-17-12(2)14(20-15)11-16-9-10-19-3/h13,16H,4-11H2,1-3H3. The number of aryl methyl sites for hydroxylation is 1. The number of hydrogen-bond donors (Lipinski definition) is 1. The first-order chi connectivity index (χ1) is 9.76. The van der Waals surface area contributed by atoms with E-state index in [9.17, 15) is 0 Å². The molecule has 0 radical (unpaired) electrons. The van der Waals surface area contributed by atoms with Crippen LogP contribution in [0.4, 0.5) is 5.13 Å². The van der Waals surface area contributed by atoms with E-state index in [2.05, 4.69) is 24.1 Å². The summed E-state index contributed by atoms with van der Waals surface area (Å²) < 4.78 is 5.06. The molecule has 1 saturated carbocycles. The van der Waals surface area contributed by atoms with Gasteiger partial charge in [-0.3, -0.25) is 0 Å². The van der Waals surface area contributed by atoms with Crippen molar-refractivity contribution in [2.24, 2.45) is 0 Å². The minimum Gasteiger partial charge on any atom is -0.383 e. The topological polar surface area (TPSA) is 37.4 Å². The van der Waals surface area contributed by atoms with E-state index < -0.39 is 0 Å².